The number of fused-ring (bicyclic) bond motifs is 3. The van der Waals surface area contributed by atoms with Gasteiger partial charge in [0.15, 0.2) is 5.82 Å². The number of nitrogens with one attached hydrogen (secondary N) is 1. The number of aromatic nitrogens is 2. The normalized spacial score (nSPS) is 16.0. The molecule has 2 aliphatic heterocycles. The molecule has 21 heavy (non-hydrogen) atoms. The first-order chi connectivity index (χ1) is 10.3. The number of cyclic esters (lactones) is 1. The number of ether oxygens (including phenoxy) is 2. The summed E-state index contributed by atoms with van der Waals surface area (Å²) >= 11 is 0. The molecule has 7 nitrogen and oxygen atoms in total. The molecule has 3 heterocycles. The lowest BCUT2D eigenvalue weighted by Gasteiger charge is -2.21. The largest absolute Gasteiger partial charge is 0.483 e. The molecule has 0 unspecified atom stereocenters. The zero-order chi connectivity index (χ0) is 14.2. The molecule has 0 spiro atoms. The lowest BCUT2D eigenvalue weighted by molar-refractivity contribution is 0.160. The van der Waals surface area contributed by atoms with Gasteiger partial charge in [-0.2, -0.15) is 0 Å². The summed E-state index contributed by atoms with van der Waals surface area (Å²) in [5.41, 5.74) is 1.87. The highest BCUT2D eigenvalue weighted by Gasteiger charge is 2.22. The van der Waals surface area contributed by atoms with E-state index in [2.05, 4.69) is 10.3 Å². The standard InChI is InChI=1S/C14H14N4O3/c19-14-17(5-6-20-14)9-16-10-1-2-11-12(7-10)21-8-13-15-3-4-18(11)13/h1-4,7,16H,5-6,8-9H2. The van der Waals surface area contributed by atoms with Crippen molar-refractivity contribution >= 4 is 11.8 Å². The molecule has 1 fully saturated rings. The van der Waals surface area contributed by atoms with E-state index in [1.807, 2.05) is 29.0 Å². The molecular formula is C14H14N4O3. The number of rotatable bonds is 3. The van der Waals surface area contributed by atoms with Gasteiger partial charge in [-0.1, -0.05) is 0 Å². The fraction of sp³-hybridized carbons (Fsp3) is 0.286. The molecule has 2 aliphatic rings. The van der Waals surface area contributed by atoms with Crippen LogP contribution in [0.2, 0.25) is 0 Å². The molecule has 1 N–H and O–H groups in total. The Balaban J connectivity index is 1.52. The SMILES string of the molecule is O=C1OCCN1CNc1ccc2c(c1)OCc1nccn1-2. The fourth-order valence-electron chi connectivity index (χ4n) is 2.50. The van der Waals surface area contributed by atoms with Crippen LogP contribution in [0.1, 0.15) is 5.82 Å². The van der Waals surface area contributed by atoms with Crippen molar-refractivity contribution in [3.63, 3.8) is 0 Å². The number of imidazole rings is 1. The van der Waals surface area contributed by atoms with Crippen LogP contribution in [-0.4, -0.2) is 40.4 Å². The van der Waals surface area contributed by atoms with Crippen LogP contribution in [0.3, 0.4) is 0 Å². The minimum absolute atomic E-state index is 0.278. The molecule has 4 rings (SSSR count). The average Bonchev–Trinajstić information content (AvgIpc) is 3.13. The number of carbonyl (C=O) groups is 1. The number of benzene rings is 1. The Labute approximate surface area is 121 Å². The van der Waals surface area contributed by atoms with Crippen LogP contribution < -0.4 is 10.1 Å². The molecule has 1 aromatic heterocycles. The van der Waals surface area contributed by atoms with Crippen molar-refractivity contribution in [2.75, 3.05) is 25.1 Å². The molecule has 0 atom stereocenters. The summed E-state index contributed by atoms with van der Waals surface area (Å²) in [6, 6.07) is 5.86. The van der Waals surface area contributed by atoms with Crippen LogP contribution in [0.4, 0.5) is 10.5 Å². The van der Waals surface area contributed by atoms with E-state index in [0.717, 1.165) is 22.9 Å². The molecule has 0 radical (unpaired) electrons. The van der Waals surface area contributed by atoms with Crippen molar-refractivity contribution in [1.29, 1.82) is 0 Å². The Hall–Kier alpha value is -2.70. The summed E-state index contributed by atoms with van der Waals surface area (Å²) < 4.78 is 12.6. The third-order valence-electron chi connectivity index (χ3n) is 3.61. The first-order valence-corrected chi connectivity index (χ1v) is 6.76. The quantitative estimate of drug-likeness (QED) is 0.928. The maximum absolute atomic E-state index is 11.4. The van der Waals surface area contributed by atoms with E-state index in [1.54, 1.807) is 11.1 Å². The van der Waals surface area contributed by atoms with Gasteiger partial charge in [-0.25, -0.2) is 9.78 Å². The van der Waals surface area contributed by atoms with Crippen LogP contribution in [0, 0.1) is 0 Å². The van der Waals surface area contributed by atoms with Crippen LogP contribution in [0.25, 0.3) is 5.69 Å². The van der Waals surface area contributed by atoms with Gasteiger partial charge in [-0.05, 0) is 12.1 Å². The van der Waals surface area contributed by atoms with Crippen LogP contribution in [0.15, 0.2) is 30.6 Å². The van der Waals surface area contributed by atoms with Crippen molar-refractivity contribution in [3.05, 3.63) is 36.4 Å². The van der Waals surface area contributed by atoms with Gasteiger partial charge in [0.2, 0.25) is 0 Å². The molecule has 1 aromatic carbocycles. The van der Waals surface area contributed by atoms with E-state index in [0.29, 0.717) is 26.4 Å². The molecule has 2 aromatic rings. The number of nitrogens with zero attached hydrogens (tertiary/aromatic N) is 3. The zero-order valence-corrected chi connectivity index (χ0v) is 11.3. The van der Waals surface area contributed by atoms with E-state index < -0.39 is 0 Å². The van der Waals surface area contributed by atoms with E-state index >= 15 is 0 Å². The minimum Gasteiger partial charge on any atom is -0.483 e. The summed E-state index contributed by atoms with van der Waals surface area (Å²) in [5.74, 6) is 1.69. The van der Waals surface area contributed by atoms with Crippen LogP contribution >= 0.6 is 0 Å². The van der Waals surface area contributed by atoms with Gasteiger partial charge in [0.25, 0.3) is 0 Å². The zero-order valence-electron chi connectivity index (χ0n) is 11.3. The smallest absolute Gasteiger partial charge is 0.411 e. The molecular weight excluding hydrogens is 272 g/mol. The molecule has 1 amide bonds. The number of carbonyl (C=O) groups excluding carboxylic acids is 1. The Bertz CT molecular complexity index is 697. The average molecular weight is 286 g/mol. The first-order valence-electron chi connectivity index (χ1n) is 6.76. The molecule has 0 saturated carbocycles. The summed E-state index contributed by atoms with van der Waals surface area (Å²) in [6.07, 6.45) is 3.41. The van der Waals surface area contributed by atoms with E-state index in [9.17, 15) is 4.79 Å². The van der Waals surface area contributed by atoms with E-state index in [-0.39, 0.29) is 6.09 Å². The van der Waals surface area contributed by atoms with Crippen molar-refractivity contribution in [2.24, 2.45) is 0 Å². The Kier molecular flexibility index (Phi) is 2.70. The Morgan fingerprint density at radius 1 is 1.33 bits per heavy atom. The second kappa shape index (κ2) is 4.69. The van der Waals surface area contributed by atoms with Crippen molar-refractivity contribution in [2.45, 2.75) is 6.61 Å². The van der Waals surface area contributed by atoms with Crippen LogP contribution in [0.5, 0.6) is 5.75 Å². The van der Waals surface area contributed by atoms with Gasteiger partial charge in [0.05, 0.1) is 18.9 Å². The van der Waals surface area contributed by atoms with Gasteiger partial charge in [0.1, 0.15) is 19.0 Å². The second-order valence-electron chi connectivity index (χ2n) is 4.90. The number of anilines is 1. The van der Waals surface area contributed by atoms with Gasteiger partial charge < -0.3 is 14.8 Å². The molecule has 0 bridgehead atoms. The second-order valence-corrected chi connectivity index (χ2v) is 4.90. The number of hydrogen-bond acceptors (Lipinski definition) is 5. The number of hydrogen-bond donors (Lipinski definition) is 1. The van der Waals surface area contributed by atoms with E-state index in [1.165, 1.54) is 0 Å². The highest BCUT2D eigenvalue weighted by molar-refractivity contribution is 5.69. The molecule has 0 aliphatic carbocycles. The summed E-state index contributed by atoms with van der Waals surface area (Å²) in [6.45, 7) is 1.96. The lowest BCUT2D eigenvalue weighted by atomic mass is 10.2. The maximum Gasteiger partial charge on any atom is 0.411 e. The Morgan fingerprint density at radius 3 is 3.14 bits per heavy atom. The van der Waals surface area contributed by atoms with Crippen molar-refractivity contribution in [1.82, 2.24) is 14.5 Å². The minimum atomic E-state index is -0.278. The predicted molar refractivity (Wildman–Crippen MR) is 74.4 cm³/mol. The summed E-state index contributed by atoms with van der Waals surface area (Å²) in [5, 5.41) is 3.21. The van der Waals surface area contributed by atoms with Gasteiger partial charge in [-0.15, -0.1) is 0 Å². The van der Waals surface area contributed by atoms with Crippen molar-refractivity contribution < 1.29 is 14.3 Å². The molecule has 1 saturated heterocycles. The van der Waals surface area contributed by atoms with Gasteiger partial charge in [-0.3, -0.25) is 9.47 Å². The van der Waals surface area contributed by atoms with E-state index in [4.69, 9.17) is 9.47 Å². The predicted octanol–water partition coefficient (Wildman–Crippen LogP) is 1.59. The van der Waals surface area contributed by atoms with Gasteiger partial charge >= 0.3 is 6.09 Å². The highest BCUT2D eigenvalue weighted by atomic mass is 16.6. The molecule has 7 heteroatoms. The fourth-order valence-corrected chi connectivity index (χ4v) is 2.50. The lowest BCUT2D eigenvalue weighted by Crippen LogP contribution is -2.30. The van der Waals surface area contributed by atoms with Crippen molar-refractivity contribution in [3.8, 4) is 11.4 Å². The highest BCUT2D eigenvalue weighted by Crippen LogP contribution is 2.31. The molecule has 108 valence electrons. The third kappa shape index (κ3) is 2.06. The topological polar surface area (TPSA) is 68.6 Å². The van der Waals surface area contributed by atoms with Crippen LogP contribution in [-0.2, 0) is 11.3 Å². The first kappa shape index (κ1) is 12.1. The monoisotopic (exact) mass is 286 g/mol. The Morgan fingerprint density at radius 2 is 2.29 bits per heavy atom. The summed E-state index contributed by atoms with van der Waals surface area (Å²) in [4.78, 5) is 17.2. The number of amides is 1. The van der Waals surface area contributed by atoms with Gasteiger partial charge in [0, 0.05) is 24.1 Å². The summed E-state index contributed by atoms with van der Waals surface area (Å²) in [7, 11) is 0. The third-order valence-corrected chi connectivity index (χ3v) is 3.61. The maximum atomic E-state index is 11.4.